The van der Waals surface area contributed by atoms with Crippen LogP contribution in [0.25, 0.3) is 78.1 Å². The first-order chi connectivity index (χ1) is 32.7. The summed E-state index contributed by atoms with van der Waals surface area (Å²) >= 11 is 0. The molecule has 1 heterocycles. The van der Waals surface area contributed by atoms with Crippen molar-refractivity contribution in [2.45, 2.75) is 0 Å². The Bertz CT molecular complexity index is 3340. The first kappa shape index (κ1) is 40.0. The van der Waals surface area contributed by atoms with Gasteiger partial charge in [-0.25, -0.2) is 9.97 Å². The highest BCUT2D eigenvalue weighted by molar-refractivity contribution is 5.92. The van der Waals surface area contributed by atoms with Crippen molar-refractivity contribution in [3.05, 3.63) is 261 Å². The maximum Gasteiger partial charge on any atom is 0.160 e. The monoisotopic (exact) mass is 844 g/mol. The van der Waals surface area contributed by atoms with Crippen molar-refractivity contribution in [2.75, 3.05) is 10.2 Å². The molecule has 0 amide bonds. The van der Waals surface area contributed by atoms with Gasteiger partial charge >= 0.3 is 0 Å². The number of nitrogens with one attached hydrogen (secondary N) is 1. The van der Waals surface area contributed by atoms with E-state index < -0.39 is 0 Å². The predicted molar refractivity (Wildman–Crippen MR) is 277 cm³/mol. The second-order valence-electron chi connectivity index (χ2n) is 16.4. The van der Waals surface area contributed by atoms with E-state index in [0.29, 0.717) is 5.82 Å². The standard InChI is InChI=1S/C62H44N4/c1-5-13-44(14-6-1)45-21-25-49(26-22-45)60-43-61(65-62(64-60)51-15-7-2-8-16-51)50-27-23-46(24-28-50)47-31-36-55(37-32-47)63-56-38-33-48(34-39-56)52-29-30-54-42-59(40-35-53(54)41-52)66(57-17-9-3-10-18-57)58-19-11-4-12-20-58/h1-43,63H. The molecular formula is C62H44N4. The summed E-state index contributed by atoms with van der Waals surface area (Å²) in [7, 11) is 0. The molecule has 0 unspecified atom stereocenters. The summed E-state index contributed by atoms with van der Waals surface area (Å²) in [6, 6.07) is 91.8. The van der Waals surface area contributed by atoms with Crippen molar-refractivity contribution in [1.82, 2.24) is 9.97 Å². The van der Waals surface area contributed by atoms with Crippen LogP contribution < -0.4 is 10.2 Å². The van der Waals surface area contributed by atoms with Crippen LogP contribution in [0.15, 0.2) is 261 Å². The molecule has 0 aliphatic heterocycles. The fraction of sp³-hybridized carbons (Fsp3) is 0. The van der Waals surface area contributed by atoms with E-state index in [9.17, 15) is 0 Å². The Morgan fingerprint density at radius 1 is 0.258 bits per heavy atom. The lowest BCUT2D eigenvalue weighted by atomic mass is 10.00. The van der Waals surface area contributed by atoms with E-state index in [0.717, 1.165) is 67.6 Å². The first-order valence-corrected chi connectivity index (χ1v) is 22.3. The summed E-state index contributed by atoms with van der Waals surface area (Å²) in [5, 5.41) is 6.00. The largest absolute Gasteiger partial charge is 0.356 e. The average molecular weight is 845 g/mol. The highest BCUT2D eigenvalue weighted by atomic mass is 15.1. The molecule has 0 aliphatic rings. The number of hydrogen-bond donors (Lipinski definition) is 1. The number of anilines is 5. The number of nitrogens with zero attached hydrogens (tertiary/aromatic N) is 3. The third-order valence-corrected chi connectivity index (χ3v) is 12.1. The number of aromatic nitrogens is 2. The van der Waals surface area contributed by atoms with Crippen LogP contribution in [0.1, 0.15) is 0 Å². The van der Waals surface area contributed by atoms with Crippen LogP contribution in [0, 0.1) is 0 Å². The van der Waals surface area contributed by atoms with Crippen LogP contribution in [-0.2, 0) is 0 Å². The highest BCUT2D eigenvalue weighted by Crippen LogP contribution is 2.37. The number of para-hydroxylation sites is 2. The molecular weight excluding hydrogens is 801 g/mol. The van der Waals surface area contributed by atoms with E-state index in [-0.39, 0.29) is 0 Å². The van der Waals surface area contributed by atoms with Crippen molar-refractivity contribution in [3.8, 4) is 67.3 Å². The molecule has 66 heavy (non-hydrogen) atoms. The van der Waals surface area contributed by atoms with Crippen LogP contribution in [0.5, 0.6) is 0 Å². The summed E-state index contributed by atoms with van der Waals surface area (Å²) in [6.07, 6.45) is 0. The van der Waals surface area contributed by atoms with E-state index in [2.05, 4.69) is 247 Å². The topological polar surface area (TPSA) is 41.0 Å². The van der Waals surface area contributed by atoms with Gasteiger partial charge in [-0.1, -0.05) is 188 Å². The molecule has 11 aromatic rings. The van der Waals surface area contributed by atoms with Crippen LogP contribution in [0.3, 0.4) is 0 Å². The van der Waals surface area contributed by atoms with Gasteiger partial charge in [0.2, 0.25) is 0 Å². The molecule has 312 valence electrons. The van der Waals surface area contributed by atoms with E-state index >= 15 is 0 Å². The molecule has 0 fully saturated rings. The first-order valence-electron chi connectivity index (χ1n) is 22.3. The van der Waals surface area contributed by atoms with Gasteiger partial charge < -0.3 is 10.2 Å². The van der Waals surface area contributed by atoms with Gasteiger partial charge in [-0.05, 0) is 117 Å². The Hall–Kier alpha value is -8.86. The minimum atomic E-state index is 0.704. The average Bonchev–Trinajstić information content (AvgIpc) is 3.40. The Morgan fingerprint density at radius 3 is 1.12 bits per heavy atom. The number of rotatable bonds is 11. The van der Waals surface area contributed by atoms with Gasteiger partial charge in [0.15, 0.2) is 5.82 Å². The molecule has 4 heteroatoms. The zero-order chi connectivity index (χ0) is 44.1. The Balaban J connectivity index is 0.780. The third kappa shape index (κ3) is 8.59. The number of fused-ring (bicyclic) bond motifs is 1. The van der Waals surface area contributed by atoms with Crippen molar-refractivity contribution in [3.63, 3.8) is 0 Å². The molecule has 0 saturated heterocycles. The van der Waals surface area contributed by atoms with Crippen LogP contribution >= 0.6 is 0 Å². The summed E-state index contributed by atoms with van der Waals surface area (Å²) < 4.78 is 0. The van der Waals surface area contributed by atoms with E-state index in [1.54, 1.807) is 0 Å². The number of hydrogen-bond acceptors (Lipinski definition) is 4. The zero-order valence-corrected chi connectivity index (χ0v) is 36.2. The van der Waals surface area contributed by atoms with Crippen molar-refractivity contribution >= 4 is 39.2 Å². The van der Waals surface area contributed by atoms with Gasteiger partial charge in [0.1, 0.15) is 0 Å². The molecule has 10 aromatic carbocycles. The molecule has 1 N–H and O–H groups in total. The summed E-state index contributed by atoms with van der Waals surface area (Å²) in [4.78, 5) is 12.4. The van der Waals surface area contributed by atoms with E-state index in [1.807, 2.05) is 24.3 Å². The second kappa shape index (κ2) is 18.1. The Morgan fingerprint density at radius 2 is 0.621 bits per heavy atom. The van der Waals surface area contributed by atoms with Gasteiger partial charge in [0, 0.05) is 45.1 Å². The minimum absolute atomic E-state index is 0.704. The van der Waals surface area contributed by atoms with Crippen LogP contribution in [0.4, 0.5) is 28.4 Å². The summed E-state index contributed by atoms with van der Waals surface area (Å²) in [6.45, 7) is 0. The van der Waals surface area contributed by atoms with Gasteiger partial charge in [-0.2, -0.15) is 0 Å². The van der Waals surface area contributed by atoms with Crippen molar-refractivity contribution in [1.29, 1.82) is 0 Å². The van der Waals surface area contributed by atoms with Gasteiger partial charge in [-0.15, -0.1) is 0 Å². The smallest absolute Gasteiger partial charge is 0.160 e. The van der Waals surface area contributed by atoms with E-state index in [4.69, 9.17) is 9.97 Å². The fourth-order valence-electron chi connectivity index (χ4n) is 8.57. The van der Waals surface area contributed by atoms with Crippen LogP contribution in [0.2, 0.25) is 0 Å². The molecule has 0 saturated carbocycles. The van der Waals surface area contributed by atoms with Gasteiger partial charge in [0.05, 0.1) is 11.4 Å². The molecule has 11 rings (SSSR count). The quantitative estimate of drug-likeness (QED) is 0.141. The lowest BCUT2D eigenvalue weighted by Crippen LogP contribution is -2.09. The third-order valence-electron chi connectivity index (χ3n) is 12.1. The molecule has 0 aliphatic carbocycles. The highest BCUT2D eigenvalue weighted by Gasteiger charge is 2.14. The molecule has 1 aromatic heterocycles. The Kier molecular flexibility index (Phi) is 10.9. The SMILES string of the molecule is c1ccc(-c2ccc(-c3cc(-c4ccc(-c5ccc(Nc6ccc(-c7ccc8cc(N(c9ccccc9)c9ccccc9)ccc8c7)cc6)cc5)cc4)nc(-c4ccccc4)n3)cc2)cc1. The molecule has 0 atom stereocenters. The summed E-state index contributed by atoms with van der Waals surface area (Å²) in [5.74, 6) is 0.704. The van der Waals surface area contributed by atoms with Gasteiger partial charge in [-0.3, -0.25) is 0 Å². The second-order valence-corrected chi connectivity index (χ2v) is 16.4. The zero-order valence-electron chi connectivity index (χ0n) is 36.2. The van der Waals surface area contributed by atoms with Gasteiger partial charge in [0.25, 0.3) is 0 Å². The summed E-state index contributed by atoms with van der Waals surface area (Å²) in [5.41, 5.74) is 17.3. The molecule has 0 bridgehead atoms. The maximum atomic E-state index is 5.06. The lowest BCUT2D eigenvalue weighted by molar-refractivity contribution is 1.18. The van der Waals surface area contributed by atoms with Crippen molar-refractivity contribution in [2.24, 2.45) is 0 Å². The van der Waals surface area contributed by atoms with Crippen LogP contribution in [-0.4, -0.2) is 9.97 Å². The Labute approximate surface area is 385 Å². The fourth-order valence-corrected chi connectivity index (χ4v) is 8.57. The maximum absolute atomic E-state index is 5.06. The van der Waals surface area contributed by atoms with Crippen molar-refractivity contribution < 1.29 is 0 Å². The molecule has 0 radical (unpaired) electrons. The lowest BCUT2D eigenvalue weighted by Gasteiger charge is -2.25. The minimum Gasteiger partial charge on any atom is -0.356 e. The number of benzene rings is 10. The normalized spacial score (nSPS) is 11.0. The molecule has 0 spiro atoms. The molecule has 4 nitrogen and oxygen atoms in total. The van der Waals surface area contributed by atoms with E-state index in [1.165, 1.54) is 33.0 Å². The predicted octanol–water partition coefficient (Wildman–Crippen LogP) is 16.8.